The highest BCUT2D eigenvalue weighted by Crippen LogP contribution is 2.19. The molecule has 0 aliphatic rings. The summed E-state index contributed by atoms with van der Waals surface area (Å²) in [5, 5.41) is 14.0. The van der Waals surface area contributed by atoms with Crippen LogP contribution in [-0.4, -0.2) is 27.2 Å². The number of hydrogen-bond acceptors (Lipinski definition) is 4. The standard InChI is InChI=1S/C15H21N5O/c1-5-16-13-8-10(2)6-7-12(13)15(21)18-11(3)14-19-17-9-20(14)4/h6-9,11,16H,5H2,1-4H3,(H,18,21). The van der Waals surface area contributed by atoms with Crippen LogP contribution in [0.2, 0.25) is 0 Å². The fraction of sp³-hybridized carbons (Fsp3) is 0.400. The molecule has 1 unspecified atom stereocenters. The quantitative estimate of drug-likeness (QED) is 0.883. The highest BCUT2D eigenvalue weighted by Gasteiger charge is 2.17. The van der Waals surface area contributed by atoms with E-state index in [0.717, 1.165) is 23.6 Å². The highest BCUT2D eigenvalue weighted by molar-refractivity contribution is 5.99. The molecule has 112 valence electrons. The van der Waals surface area contributed by atoms with Gasteiger partial charge >= 0.3 is 0 Å². The zero-order valence-corrected chi connectivity index (χ0v) is 12.8. The van der Waals surface area contributed by atoms with Crippen molar-refractivity contribution >= 4 is 11.6 Å². The van der Waals surface area contributed by atoms with E-state index in [4.69, 9.17) is 0 Å². The van der Waals surface area contributed by atoms with Gasteiger partial charge in [-0.15, -0.1) is 10.2 Å². The third-order valence-corrected chi connectivity index (χ3v) is 3.27. The van der Waals surface area contributed by atoms with Gasteiger partial charge in [-0.05, 0) is 38.5 Å². The number of hydrogen-bond donors (Lipinski definition) is 2. The van der Waals surface area contributed by atoms with Gasteiger partial charge in [0.2, 0.25) is 0 Å². The number of amides is 1. The summed E-state index contributed by atoms with van der Waals surface area (Å²) in [7, 11) is 1.86. The number of aryl methyl sites for hydroxylation is 2. The Balaban J connectivity index is 2.19. The van der Waals surface area contributed by atoms with Crippen LogP contribution in [0.1, 0.15) is 41.6 Å². The Morgan fingerprint density at radius 1 is 1.43 bits per heavy atom. The first-order chi connectivity index (χ1) is 10.0. The fourth-order valence-corrected chi connectivity index (χ4v) is 2.22. The molecule has 2 N–H and O–H groups in total. The first-order valence-electron chi connectivity index (χ1n) is 7.02. The van der Waals surface area contributed by atoms with E-state index in [2.05, 4.69) is 20.8 Å². The smallest absolute Gasteiger partial charge is 0.253 e. The normalized spacial score (nSPS) is 12.0. The number of benzene rings is 1. The summed E-state index contributed by atoms with van der Waals surface area (Å²) < 4.78 is 1.80. The van der Waals surface area contributed by atoms with Crippen LogP contribution in [0.3, 0.4) is 0 Å². The summed E-state index contributed by atoms with van der Waals surface area (Å²) in [6, 6.07) is 5.54. The molecule has 1 atom stereocenters. The third-order valence-electron chi connectivity index (χ3n) is 3.27. The summed E-state index contributed by atoms with van der Waals surface area (Å²) in [6.07, 6.45) is 1.62. The highest BCUT2D eigenvalue weighted by atomic mass is 16.1. The molecule has 1 amide bonds. The largest absolute Gasteiger partial charge is 0.385 e. The van der Waals surface area contributed by atoms with Gasteiger partial charge in [0.15, 0.2) is 5.82 Å². The van der Waals surface area contributed by atoms with Crippen molar-refractivity contribution in [2.24, 2.45) is 7.05 Å². The molecule has 2 aromatic rings. The summed E-state index contributed by atoms with van der Waals surface area (Å²) in [5.74, 6) is 0.599. The molecule has 0 fully saturated rings. The monoisotopic (exact) mass is 287 g/mol. The van der Waals surface area contributed by atoms with Crippen molar-refractivity contribution in [2.45, 2.75) is 26.8 Å². The topological polar surface area (TPSA) is 71.8 Å². The van der Waals surface area contributed by atoms with E-state index < -0.39 is 0 Å². The van der Waals surface area contributed by atoms with E-state index in [9.17, 15) is 4.79 Å². The van der Waals surface area contributed by atoms with Gasteiger partial charge < -0.3 is 15.2 Å². The number of aromatic nitrogens is 3. The molecule has 0 bridgehead atoms. The second-order valence-electron chi connectivity index (χ2n) is 5.07. The first kappa shape index (κ1) is 15.0. The van der Waals surface area contributed by atoms with Crippen LogP contribution >= 0.6 is 0 Å². The van der Waals surface area contributed by atoms with Crippen LogP contribution in [0.15, 0.2) is 24.5 Å². The summed E-state index contributed by atoms with van der Waals surface area (Å²) in [5.41, 5.74) is 2.60. The zero-order chi connectivity index (χ0) is 15.4. The Hall–Kier alpha value is -2.37. The molecule has 1 aromatic heterocycles. The van der Waals surface area contributed by atoms with E-state index in [-0.39, 0.29) is 11.9 Å². The molecule has 0 saturated carbocycles. The minimum atomic E-state index is -0.208. The Labute approximate surface area is 124 Å². The molecular formula is C15H21N5O. The predicted octanol–water partition coefficient (Wildman–Crippen LogP) is 2.05. The van der Waals surface area contributed by atoms with Crippen LogP contribution in [0.25, 0.3) is 0 Å². The minimum absolute atomic E-state index is 0.124. The lowest BCUT2D eigenvalue weighted by molar-refractivity contribution is 0.0938. The van der Waals surface area contributed by atoms with Crippen LogP contribution in [0.5, 0.6) is 0 Å². The lowest BCUT2D eigenvalue weighted by atomic mass is 10.1. The molecule has 1 aromatic carbocycles. The number of carbonyl (C=O) groups is 1. The van der Waals surface area contributed by atoms with Crippen molar-refractivity contribution in [3.05, 3.63) is 41.5 Å². The Kier molecular flexibility index (Phi) is 4.57. The van der Waals surface area contributed by atoms with Crippen molar-refractivity contribution < 1.29 is 4.79 Å². The van der Waals surface area contributed by atoms with Crippen LogP contribution in [0, 0.1) is 6.92 Å². The van der Waals surface area contributed by atoms with Crippen molar-refractivity contribution in [3.8, 4) is 0 Å². The summed E-state index contributed by atoms with van der Waals surface area (Å²) in [4.78, 5) is 12.5. The van der Waals surface area contributed by atoms with E-state index >= 15 is 0 Å². The number of anilines is 1. The van der Waals surface area contributed by atoms with Crippen LogP contribution in [-0.2, 0) is 7.05 Å². The average molecular weight is 287 g/mol. The number of nitrogens with one attached hydrogen (secondary N) is 2. The SMILES string of the molecule is CCNc1cc(C)ccc1C(=O)NC(C)c1nncn1C. The molecule has 1 heterocycles. The molecule has 2 rings (SSSR count). The molecule has 0 saturated heterocycles. The molecule has 0 radical (unpaired) electrons. The van der Waals surface area contributed by atoms with Crippen molar-refractivity contribution in [2.75, 3.05) is 11.9 Å². The third kappa shape index (κ3) is 3.39. The number of rotatable bonds is 5. The van der Waals surface area contributed by atoms with Gasteiger partial charge in [-0.1, -0.05) is 6.07 Å². The Bertz CT molecular complexity index is 635. The second kappa shape index (κ2) is 6.39. The van der Waals surface area contributed by atoms with Gasteiger partial charge in [0.25, 0.3) is 5.91 Å². The predicted molar refractivity (Wildman–Crippen MR) is 82.2 cm³/mol. The molecular weight excluding hydrogens is 266 g/mol. The minimum Gasteiger partial charge on any atom is -0.385 e. The average Bonchev–Trinajstić information content (AvgIpc) is 2.85. The fourth-order valence-electron chi connectivity index (χ4n) is 2.22. The van der Waals surface area contributed by atoms with Crippen molar-refractivity contribution in [1.29, 1.82) is 0 Å². The molecule has 0 aliphatic heterocycles. The number of carbonyl (C=O) groups excluding carboxylic acids is 1. The van der Waals surface area contributed by atoms with Gasteiger partial charge in [0.1, 0.15) is 6.33 Å². The van der Waals surface area contributed by atoms with Gasteiger partial charge in [0.05, 0.1) is 11.6 Å². The van der Waals surface area contributed by atoms with E-state index in [1.165, 1.54) is 0 Å². The van der Waals surface area contributed by atoms with Gasteiger partial charge in [0, 0.05) is 19.3 Å². The van der Waals surface area contributed by atoms with Gasteiger partial charge in [-0.3, -0.25) is 4.79 Å². The Morgan fingerprint density at radius 2 is 2.19 bits per heavy atom. The maximum Gasteiger partial charge on any atom is 0.253 e. The van der Waals surface area contributed by atoms with Crippen LogP contribution in [0.4, 0.5) is 5.69 Å². The zero-order valence-electron chi connectivity index (χ0n) is 12.8. The molecule has 6 heteroatoms. The summed E-state index contributed by atoms with van der Waals surface area (Å²) >= 11 is 0. The molecule has 0 aliphatic carbocycles. The van der Waals surface area contributed by atoms with E-state index in [1.54, 1.807) is 10.9 Å². The molecule has 0 spiro atoms. The van der Waals surface area contributed by atoms with Gasteiger partial charge in [-0.25, -0.2) is 0 Å². The first-order valence-corrected chi connectivity index (χ1v) is 7.02. The van der Waals surface area contributed by atoms with Crippen molar-refractivity contribution in [1.82, 2.24) is 20.1 Å². The van der Waals surface area contributed by atoms with Crippen molar-refractivity contribution in [3.63, 3.8) is 0 Å². The second-order valence-corrected chi connectivity index (χ2v) is 5.07. The maximum atomic E-state index is 12.5. The van der Waals surface area contributed by atoms with Gasteiger partial charge in [-0.2, -0.15) is 0 Å². The van der Waals surface area contributed by atoms with Crippen LogP contribution < -0.4 is 10.6 Å². The summed E-state index contributed by atoms with van der Waals surface area (Å²) in [6.45, 7) is 6.67. The lowest BCUT2D eigenvalue weighted by Crippen LogP contribution is -2.29. The van der Waals surface area contributed by atoms with E-state index in [0.29, 0.717) is 5.56 Å². The number of nitrogens with zero attached hydrogens (tertiary/aromatic N) is 3. The lowest BCUT2D eigenvalue weighted by Gasteiger charge is -2.16. The maximum absolute atomic E-state index is 12.5. The van der Waals surface area contributed by atoms with E-state index in [1.807, 2.05) is 46.0 Å². The Morgan fingerprint density at radius 3 is 2.81 bits per heavy atom. The molecule has 6 nitrogen and oxygen atoms in total. The molecule has 21 heavy (non-hydrogen) atoms.